The molecule has 1 aliphatic heterocycles. The number of halogens is 1. The number of aromatic carboxylic acids is 1. The first-order chi connectivity index (χ1) is 13.1. The summed E-state index contributed by atoms with van der Waals surface area (Å²) in [6.07, 6.45) is 0.914. The van der Waals surface area contributed by atoms with Gasteiger partial charge in [-0.3, -0.25) is 24.3 Å². The van der Waals surface area contributed by atoms with Crippen LogP contribution >= 0.6 is 0 Å². The molecule has 1 fully saturated rings. The van der Waals surface area contributed by atoms with E-state index in [4.69, 9.17) is 0 Å². The minimum absolute atomic E-state index is 0.000407. The SMILES string of the molecule is CNc1c([N+](=O)[O-])cnc2c1cc(C(=O)O)c(=O)n2CC(=O)N1CC(C)(F)C1. The average Bonchev–Trinajstić information content (AvgIpc) is 2.59. The summed E-state index contributed by atoms with van der Waals surface area (Å²) >= 11 is 0. The van der Waals surface area contributed by atoms with Crippen molar-refractivity contribution in [3.05, 3.63) is 38.3 Å². The third-order valence-electron chi connectivity index (χ3n) is 4.46. The second-order valence-corrected chi connectivity index (χ2v) is 6.68. The van der Waals surface area contributed by atoms with Gasteiger partial charge in [-0.25, -0.2) is 14.2 Å². The molecule has 0 unspecified atom stereocenters. The fourth-order valence-corrected chi connectivity index (χ4v) is 3.17. The Morgan fingerprint density at radius 2 is 2.11 bits per heavy atom. The van der Waals surface area contributed by atoms with Gasteiger partial charge >= 0.3 is 11.7 Å². The Bertz CT molecular complexity index is 1070. The minimum atomic E-state index is -1.55. The number of anilines is 1. The molecular formula is C16H16FN5O6. The van der Waals surface area contributed by atoms with Crippen molar-refractivity contribution >= 4 is 34.3 Å². The number of nitrogens with one attached hydrogen (secondary N) is 1. The summed E-state index contributed by atoms with van der Waals surface area (Å²) < 4.78 is 14.5. The normalized spacial score (nSPS) is 15.2. The fourth-order valence-electron chi connectivity index (χ4n) is 3.17. The lowest BCUT2D eigenvalue weighted by Crippen LogP contribution is -2.60. The highest BCUT2D eigenvalue weighted by Gasteiger charge is 2.41. The molecule has 0 aromatic carbocycles. The number of nitro groups is 1. The van der Waals surface area contributed by atoms with E-state index in [0.29, 0.717) is 0 Å². The summed E-state index contributed by atoms with van der Waals surface area (Å²) in [5, 5.41) is 23.1. The van der Waals surface area contributed by atoms with Crippen LogP contribution in [0.1, 0.15) is 17.3 Å². The predicted octanol–water partition coefficient (Wildman–Crippen LogP) is 0.615. The molecule has 2 aromatic heterocycles. The van der Waals surface area contributed by atoms with Crippen LogP contribution in [0.25, 0.3) is 11.0 Å². The first-order valence-electron chi connectivity index (χ1n) is 8.14. The summed E-state index contributed by atoms with van der Waals surface area (Å²) in [7, 11) is 1.39. The lowest BCUT2D eigenvalue weighted by molar-refractivity contribution is -0.384. The van der Waals surface area contributed by atoms with Crippen molar-refractivity contribution in [2.45, 2.75) is 19.1 Å². The highest BCUT2D eigenvalue weighted by molar-refractivity contribution is 5.99. The Morgan fingerprint density at radius 1 is 1.46 bits per heavy atom. The van der Waals surface area contributed by atoms with Crippen molar-refractivity contribution in [3.63, 3.8) is 0 Å². The molecular weight excluding hydrogens is 377 g/mol. The molecule has 28 heavy (non-hydrogen) atoms. The number of carbonyl (C=O) groups is 2. The van der Waals surface area contributed by atoms with E-state index in [0.717, 1.165) is 16.8 Å². The Morgan fingerprint density at radius 3 is 2.61 bits per heavy atom. The number of alkyl halides is 1. The second-order valence-electron chi connectivity index (χ2n) is 6.68. The maximum atomic E-state index is 13.7. The number of nitrogens with zero attached hydrogens (tertiary/aromatic N) is 4. The molecule has 1 amide bonds. The molecule has 0 aliphatic carbocycles. The van der Waals surface area contributed by atoms with E-state index in [9.17, 15) is 34.0 Å². The van der Waals surface area contributed by atoms with Crippen molar-refractivity contribution in [3.8, 4) is 0 Å². The van der Waals surface area contributed by atoms with E-state index in [2.05, 4.69) is 10.3 Å². The predicted molar refractivity (Wildman–Crippen MR) is 95.3 cm³/mol. The van der Waals surface area contributed by atoms with Crippen molar-refractivity contribution in [2.24, 2.45) is 0 Å². The van der Waals surface area contributed by atoms with Gasteiger partial charge in [0.2, 0.25) is 5.91 Å². The molecule has 0 radical (unpaired) electrons. The van der Waals surface area contributed by atoms with Gasteiger partial charge in [-0.2, -0.15) is 0 Å². The van der Waals surface area contributed by atoms with Crippen molar-refractivity contribution in [1.82, 2.24) is 14.5 Å². The molecule has 1 saturated heterocycles. The monoisotopic (exact) mass is 393 g/mol. The van der Waals surface area contributed by atoms with E-state index >= 15 is 0 Å². The van der Waals surface area contributed by atoms with Crippen LogP contribution in [0.4, 0.5) is 15.8 Å². The number of amides is 1. The van der Waals surface area contributed by atoms with Crippen LogP contribution < -0.4 is 10.9 Å². The maximum Gasteiger partial charge on any atom is 0.341 e. The van der Waals surface area contributed by atoms with Gasteiger partial charge < -0.3 is 15.3 Å². The molecule has 12 heteroatoms. The van der Waals surface area contributed by atoms with E-state index < -0.39 is 45.8 Å². The lowest BCUT2D eigenvalue weighted by Gasteiger charge is -2.42. The first kappa shape index (κ1) is 19.2. The zero-order valence-corrected chi connectivity index (χ0v) is 14.9. The standard InChI is InChI=1S/C16H16FN5O6/c1-16(17)6-20(7-16)11(23)5-21-13-8(3-9(14(21)24)15(25)26)12(18-2)10(4-19-13)22(27)28/h3-4H,5-7H2,1-2H3,(H,18,19)(H,25,26). The zero-order chi connectivity index (χ0) is 20.8. The van der Waals surface area contributed by atoms with E-state index in [1.54, 1.807) is 0 Å². The molecule has 3 rings (SSSR count). The van der Waals surface area contributed by atoms with Crippen LogP contribution in [-0.4, -0.2) is 62.2 Å². The van der Waals surface area contributed by atoms with Gasteiger partial charge in [-0.15, -0.1) is 0 Å². The largest absolute Gasteiger partial charge is 0.477 e. The van der Waals surface area contributed by atoms with Gasteiger partial charge in [0.25, 0.3) is 5.56 Å². The van der Waals surface area contributed by atoms with Gasteiger partial charge in [0.1, 0.15) is 35.3 Å². The third kappa shape index (κ3) is 3.12. The van der Waals surface area contributed by atoms with Gasteiger partial charge in [-0.05, 0) is 13.0 Å². The Labute approximate surface area is 156 Å². The topological polar surface area (TPSA) is 148 Å². The zero-order valence-electron chi connectivity index (χ0n) is 14.9. The van der Waals surface area contributed by atoms with E-state index in [-0.39, 0.29) is 29.8 Å². The second kappa shape index (κ2) is 6.55. The molecule has 0 saturated carbocycles. The third-order valence-corrected chi connectivity index (χ3v) is 4.46. The van der Waals surface area contributed by atoms with Crippen LogP contribution in [0.15, 0.2) is 17.1 Å². The highest BCUT2D eigenvalue weighted by atomic mass is 19.1. The van der Waals surface area contributed by atoms with Gasteiger partial charge in [0, 0.05) is 12.4 Å². The van der Waals surface area contributed by atoms with Crippen molar-refractivity contribution in [1.29, 1.82) is 0 Å². The van der Waals surface area contributed by atoms with Crippen LogP contribution in [0.3, 0.4) is 0 Å². The number of hydrogen-bond acceptors (Lipinski definition) is 7. The van der Waals surface area contributed by atoms with Gasteiger partial charge in [0.05, 0.1) is 18.0 Å². The molecule has 11 nitrogen and oxygen atoms in total. The first-order valence-corrected chi connectivity index (χ1v) is 8.14. The van der Waals surface area contributed by atoms with Gasteiger partial charge in [0.15, 0.2) is 0 Å². The summed E-state index contributed by atoms with van der Waals surface area (Å²) in [6, 6.07) is 0.981. The summed E-state index contributed by atoms with van der Waals surface area (Å²) in [4.78, 5) is 52.0. The molecule has 2 aromatic rings. The van der Waals surface area contributed by atoms with Crippen LogP contribution in [0, 0.1) is 10.1 Å². The lowest BCUT2D eigenvalue weighted by atomic mass is 9.99. The van der Waals surface area contributed by atoms with Crippen molar-refractivity contribution in [2.75, 3.05) is 25.5 Å². The smallest absolute Gasteiger partial charge is 0.341 e. The number of likely N-dealkylation sites (tertiary alicyclic amines) is 1. The van der Waals surface area contributed by atoms with E-state index in [1.807, 2.05) is 0 Å². The van der Waals surface area contributed by atoms with Crippen molar-refractivity contribution < 1.29 is 24.0 Å². The van der Waals surface area contributed by atoms with E-state index in [1.165, 1.54) is 18.9 Å². The minimum Gasteiger partial charge on any atom is -0.477 e. The summed E-state index contributed by atoms with van der Waals surface area (Å²) in [6.45, 7) is 0.486. The molecule has 1 aliphatic rings. The molecule has 2 N–H and O–H groups in total. The number of pyridine rings is 2. The van der Waals surface area contributed by atoms with Crippen LogP contribution in [-0.2, 0) is 11.3 Å². The summed E-state index contributed by atoms with van der Waals surface area (Å²) in [5.74, 6) is -2.14. The number of carboxylic acids is 1. The number of hydrogen-bond donors (Lipinski definition) is 2. The molecule has 0 spiro atoms. The Hall–Kier alpha value is -3.57. The van der Waals surface area contributed by atoms with Crippen LogP contribution in [0.5, 0.6) is 0 Å². The molecule has 148 valence electrons. The Kier molecular flexibility index (Phi) is 4.49. The summed E-state index contributed by atoms with van der Waals surface area (Å²) in [5.41, 5.74) is -3.72. The quantitative estimate of drug-likeness (QED) is 0.555. The number of carbonyl (C=O) groups excluding carboxylic acids is 1. The highest BCUT2D eigenvalue weighted by Crippen LogP contribution is 2.31. The maximum absolute atomic E-state index is 13.7. The molecule has 3 heterocycles. The van der Waals surface area contributed by atoms with Crippen LogP contribution in [0.2, 0.25) is 0 Å². The molecule has 0 atom stereocenters. The average molecular weight is 393 g/mol. The fraction of sp³-hybridized carbons (Fsp3) is 0.375. The molecule has 0 bridgehead atoms. The number of rotatable bonds is 5. The Balaban J connectivity index is 2.19. The number of aromatic nitrogens is 2. The number of fused-ring (bicyclic) bond motifs is 1. The van der Waals surface area contributed by atoms with Gasteiger partial charge in [-0.1, -0.05) is 0 Å². The number of carboxylic acid groups (broad SMARTS) is 1.